The van der Waals surface area contributed by atoms with Crippen LogP contribution in [0, 0.1) is 0 Å². The van der Waals surface area contributed by atoms with Crippen LogP contribution in [0.3, 0.4) is 0 Å². The Kier molecular flexibility index (Phi) is 6.01. The summed E-state index contributed by atoms with van der Waals surface area (Å²) in [5.74, 6) is 0.351. The lowest BCUT2D eigenvalue weighted by Crippen LogP contribution is -2.53. The Labute approximate surface area is 182 Å². The predicted molar refractivity (Wildman–Crippen MR) is 122 cm³/mol. The second-order valence-electron chi connectivity index (χ2n) is 9.88. The summed E-state index contributed by atoms with van der Waals surface area (Å²) in [5.41, 5.74) is 4.46. The average Bonchev–Trinajstić information content (AvgIpc) is 3.41. The highest BCUT2D eigenvalue weighted by atomic mass is 16.2. The van der Waals surface area contributed by atoms with Crippen molar-refractivity contribution in [3.63, 3.8) is 0 Å². The third-order valence-corrected chi connectivity index (χ3v) is 8.13. The molecule has 1 amide bonds. The average molecular weight is 411 g/mol. The van der Waals surface area contributed by atoms with E-state index in [1.165, 1.54) is 57.3 Å². The highest BCUT2D eigenvalue weighted by Gasteiger charge is 2.33. The molecule has 0 spiro atoms. The van der Waals surface area contributed by atoms with Crippen LogP contribution in [-0.2, 0) is 17.6 Å². The zero-order valence-electron chi connectivity index (χ0n) is 18.7. The van der Waals surface area contributed by atoms with Gasteiger partial charge in [0.1, 0.15) is 0 Å². The van der Waals surface area contributed by atoms with E-state index < -0.39 is 0 Å². The van der Waals surface area contributed by atoms with Crippen molar-refractivity contribution in [3.8, 4) is 0 Å². The fourth-order valence-corrected chi connectivity index (χ4v) is 6.18. The molecule has 164 valence electrons. The lowest BCUT2D eigenvalue weighted by molar-refractivity contribution is -0.135. The Morgan fingerprint density at radius 2 is 1.57 bits per heavy atom. The van der Waals surface area contributed by atoms with Gasteiger partial charge in [0.2, 0.25) is 5.91 Å². The Hall–Kier alpha value is -1.59. The van der Waals surface area contributed by atoms with Crippen LogP contribution in [0.2, 0.25) is 0 Å². The molecular weight excluding hydrogens is 372 g/mol. The molecule has 5 rings (SSSR count). The minimum absolute atomic E-state index is 0.117. The van der Waals surface area contributed by atoms with Crippen molar-refractivity contribution < 1.29 is 4.79 Å². The second-order valence-corrected chi connectivity index (χ2v) is 9.88. The molecule has 5 heteroatoms. The number of hydrogen-bond donors (Lipinski definition) is 0. The van der Waals surface area contributed by atoms with Gasteiger partial charge in [0.05, 0.1) is 6.04 Å². The van der Waals surface area contributed by atoms with E-state index >= 15 is 0 Å². The first-order valence-corrected chi connectivity index (χ1v) is 12.3. The molecule has 0 unspecified atom stereocenters. The summed E-state index contributed by atoms with van der Waals surface area (Å²) in [4.78, 5) is 22.5. The van der Waals surface area contributed by atoms with Gasteiger partial charge in [-0.2, -0.15) is 0 Å². The van der Waals surface area contributed by atoms with Crippen molar-refractivity contribution in [1.29, 1.82) is 0 Å². The standard InChI is InChI=1S/C25H38N4O/c1-26-12-4-7-24(26)25(30)29-17-15-28(16-18-29)23-9-8-20-10-13-27(14-11-21(20)19-23)22-5-2-3-6-22/h8-9,19,22,24H,2-7,10-18H2,1H3/t24-/m0/s1. The topological polar surface area (TPSA) is 30.0 Å². The van der Waals surface area contributed by atoms with Gasteiger partial charge in [0.15, 0.2) is 0 Å². The monoisotopic (exact) mass is 410 g/mol. The van der Waals surface area contributed by atoms with Gasteiger partial charge < -0.3 is 9.80 Å². The SMILES string of the molecule is CN1CCC[C@H]1C(=O)N1CCN(c2ccc3c(c2)CCN(C2CCCC2)CC3)CC1. The molecule has 3 aliphatic heterocycles. The summed E-state index contributed by atoms with van der Waals surface area (Å²) in [6.07, 6.45) is 10.2. The Bertz CT molecular complexity index is 752. The first-order valence-electron chi connectivity index (χ1n) is 12.3. The molecule has 0 radical (unpaired) electrons. The molecule has 1 aromatic rings. The summed E-state index contributed by atoms with van der Waals surface area (Å²) in [6, 6.07) is 8.12. The molecule has 0 N–H and O–H groups in total. The molecule has 1 saturated carbocycles. The molecule has 1 atom stereocenters. The number of carbonyl (C=O) groups is 1. The first-order chi connectivity index (χ1) is 14.7. The summed E-state index contributed by atoms with van der Waals surface area (Å²) in [5, 5.41) is 0. The number of nitrogens with zero attached hydrogens (tertiary/aromatic N) is 4. The van der Waals surface area contributed by atoms with Crippen LogP contribution in [0.15, 0.2) is 18.2 Å². The summed E-state index contributed by atoms with van der Waals surface area (Å²) in [7, 11) is 2.09. The lowest BCUT2D eigenvalue weighted by Gasteiger charge is -2.38. The third-order valence-electron chi connectivity index (χ3n) is 8.13. The van der Waals surface area contributed by atoms with Crippen molar-refractivity contribution in [3.05, 3.63) is 29.3 Å². The van der Waals surface area contributed by atoms with Crippen LogP contribution in [-0.4, -0.2) is 85.6 Å². The molecule has 1 aliphatic carbocycles. The van der Waals surface area contributed by atoms with Crippen molar-refractivity contribution >= 4 is 11.6 Å². The van der Waals surface area contributed by atoms with Crippen LogP contribution in [0.1, 0.15) is 49.7 Å². The maximum absolute atomic E-state index is 12.9. The number of anilines is 1. The molecular formula is C25H38N4O. The van der Waals surface area contributed by atoms with E-state index in [9.17, 15) is 4.79 Å². The van der Waals surface area contributed by atoms with Crippen molar-refractivity contribution in [1.82, 2.24) is 14.7 Å². The number of benzene rings is 1. The van der Waals surface area contributed by atoms with Gasteiger partial charge in [0.25, 0.3) is 0 Å². The molecule has 3 fully saturated rings. The zero-order valence-corrected chi connectivity index (χ0v) is 18.7. The summed E-state index contributed by atoms with van der Waals surface area (Å²) >= 11 is 0. The molecule has 4 aliphatic rings. The fourth-order valence-electron chi connectivity index (χ4n) is 6.18. The van der Waals surface area contributed by atoms with Crippen molar-refractivity contribution in [2.75, 3.05) is 57.8 Å². The van der Waals surface area contributed by atoms with Crippen LogP contribution in [0.5, 0.6) is 0 Å². The van der Waals surface area contributed by atoms with Crippen molar-refractivity contribution in [2.24, 2.45) is 0 Å². The van der Waals surface area contributed by atoms with E-state index in [1.54, 1.807) is 11.1 Å². The number of fused-ring (bicyclic) bond motifs is 1. The molecule has 2 saturated heterocycles. The number of carbonyl (C=O) groups excluding carboxylic acids is 1. The van der Waals surface area contributed by atoms with Gasteiger partial charge in [-0.3, -0.25) is 14.6 Å². The van der Waals surface area contributed by atoms with E-state index in [-0.39, 0.29) is 6.04 Å². The molecule has 30 heavy (non-hydrogen) atoms. The summed E-state index contributed by atoms with van der Waals surface area (Å²) < 4.78 is 0. The first kappa shape index (κ1) is 20.3. The fraction of sp³-hybridized carbons (Fsp3) is 0.720. The van der Waals surface area contributed by atoms with Crippen molar-refractivity contribution in [2.45, 2.75) is 63.5 Å². The van der Waals surface area contributed by atoms with Crippen LogP contribution >= 0.6 is 0 Å². The largest absolute Gasteiger partial charge is 0.368 e. The van der Waals surface area contributed by atoms with E-state index in [0.717, 1.165) is 51.6 Å². The highest BCUT2D eigenvalue weighted by molar-refractivity contribution is 5.82. The van der Waals surface area contributed by atoms with Gasteiger partial charge in [-0.25, -0.2) is 0 Å². The number of likely N-dealkylation sites (N-methyl/N-ethyl adjacent to an activating group) is 1. The quantitative estimate of drug-likeness (QED) is 0.767. The van der Waals surface area contributed by atoms with Gasteiger partial charge in [-0.1, -0.05) is 18.9 Å². The van der Waals surface area contributed by atoms with Gasteiger partial charge >= 0.3 is 0 Å². The third kappa shape index (κ3) is 4.11. The van der Waals surface area contributed by atoms with E-state index in [2.05, 4.69) is 44.8 Å². The maximum atomic E-state index is 12.9. The smallest absolute Gasteiger partial charge is 0.240 e. The lowest BCUT2D eigenvalue weighted by atomic mass is 10.0. The molecule has 3 heterocycles. The normalized spacial score (nSPS) is 26.8. The minimum atomic E-state index is 0.117. The van der Waals surface area contributed by atoms with Crippen LogP contribution in [0.25, 0.3) is 0 Å². The van der Waals surface area contributed by atoms with Gasteiger partial charge in [-0.15, -0.1) is 0 Å². The number of likely N-dealkylation sites (tertiary alicyclic amines) is 1. The number of amides is 1. The minimum Gasteiger partial charge on any atom is -0.368 e. The van der Waals surface area contributed by atoms with E-state index in [4.69, 9.17) is 0 Å². The zero-order chi connectivity index (χ0) is 20.5. The van der Waals surface area contributed by atoms with E-state index in [0.29, 0.717) is 5.91 Å². The Morgan fingerprint density at radius 3 is 2.27 bits per heavy atom. The van der Waals surface area contributed by atoms with Gasteiger partial charge in [0, 0.05) is 51.0 Å². The van der Waals surface area contributed by atoms with Gasteiger partial charge in [-0.05, 0) is 75.4 Å². The van der Waals surface area contributed by atoms with Crippen LogP contribution < -0.4 is 4.90 Å². The molecule has 0 bridgehead atoms. The number of hydrogen-bond acceptors (Lipinski definition) is 4. The van der Waals surface area contributed by atoms with Crippen LogP contribution in [0.4, 0.5) is 5.69 Å². The second kappa shape index (κ2) is 8.88. The maximum Gasteiger partial charge on any atom is 0.240 e. The van der Waals surface area contributed by atoms with E-state index in [1.807, 2.05) is 0 Å². The Morgan fingerprint density at radius 1 is 0.833 bits per heavy atom. The highest BCUT2D eigenvalue weighted by Crippen LogP contribution is 2.28. The molecule has 5 nitrogen and oxygen atoms in total. The predicted octanol–water partition coefficient (Wildman–Crippen LogP) is 2.77. The summed E-state index contributed by atoms with van der Waals surface area (Å²) in [6.45, 7) is 7.13. The molecule has 0 aromatic heterocycles. The molecule has 1 aromatic carbocycles. The number of rotatable bonds is 3. The Balaban J connectivity index is 1.19. The number of piperazine rings is 1.